The van der Waals surface area contributed by atoms with E-state index in [0.717, 1.165) is 11.3 Å². The third-order valence-corrected chi connectivity index (χ3v) is 3.50. The second-order valence-electron chi connectivity index (χ2n) is 5.72. The quantitative estimate of drug-likeness (QED) is 0.332. The molecular weight excluding hydrogens is 358 g/mol. The lowest BCUT2D eigenvalue weighted by molar-refractivity contribution is -0.384. The van der Waals surface area contributed by atoms with Crippen molar-refractivity contribution in [3.8, 4) is 5.75 Å². The average Bonchev–Trinajstić information content (AvgIpc) is 2.60. The number of hydrogen-bond acceptors (Lipinski definition) is 6. The largest absolute Gasteiger partial charge is 0.491 e. The van der Waals surface area contributed by atoms with Crippen molar-refractivity contribution in [1.29, 1.82) is 0 Å². The fourth-order valence-corrected chi connectivity index (χ4v) is 2.25. The number of hydrogen-bond donors (Lipinski definition) is 3. The number of nitro benzene ring substituents is 1. The SMILES string of the molecule is Cc1cccc(OCC(O)CNCCNc2cccc([N+](=O)[O-])c2)c1.Cl. The maximum atomic E-state index is 10.7. The number of aryl methyl sites for hydroxylation is 1. The van der Waals surface area contributed by atoms with E-state index in [2.05, 4.69) is 10.6 Å². The summed E-state index contributed by atoms with van der Waals surface area (Å²) in [6.07, 6.45) is -0.613. The lowest BCUT2D eigenvalue weighted by Gasteiger charge is -2.14. The third kappa shape index (κ3) is 7.69. The summed E-state index contributed by atoms with van der Waals surface area (Å²) in [6, 6.07) is 14.0. The number of nitrogens with one attached hydrogen (secondary N) is 2. The molecule has 2 rings (SSSR count). The highest BCUT2D eigenvalue weighted by atomic mass is 35.5. The minimum Gasteiger partial charge on any atom is -0.491 e. The van der Waals surface area contributed by atoms with Crippen molar-refractivity contribution in [2.75, 3.05) is 31.6 Å². The molecule has 26 heavy (non-hydrogen) atoms. The highest BCUT2D eigenvalue weighted by Crippen LogP contribution is 2.16. The van der Waals surface area contributed by atoms with E-state index < -0.39 is 11.0 Å². The van der Waals surface area contributed by atoms with E-state index in [1.807, 2.05) is 31.2 Å². The number of anilines is 1. The zero-order valence-electron chi connectivity index (χ0n) is 14.6. The van der Waals surface area contributed by atoms with Gasteiger partial charge in [-0.05, 0) is 30.7 Å². The normalized spacial score (nSPS) is 11.3. The molecule has 0 aliphatic heterocycles. The van der Waals surface area contributed by atoms with Gasteiger partial charge in [0.25, 0.3) is 5.69 Å². The lowest BCUT2D eigenvalue weighted by atomic mass is 10.2. The zero-order chi connectivity index (χ0) is 18.1. The molecule has 0 aliphatic carbocycles. The molecule has 0 bridgehead atoms. The van der Waals surface area contributed by atoms with Crippen molar-refractivity contribution in [3.05, 3.63) is 64.2 Å². The van der Waals surface area contributed by atoms with E-state index in [-0.39, 0.29) is 24.7 Å². The van der Waals surface area contributed by atoms with Crippen molar-refractivity contribution in [2.24, 2.45) is 0 Å². The van der Waals surface area contributed by atoms with Gasteiger partial charge in [-0.15, -0.1) is 12.4 Å². The number of halogens is 1. The summed E-state index contributed by atoms with van der Waals surface area (Å²) in [6.45, 7) is 3.81. The Hall–Kier alpha value is -2.35. The number of aliphatic hydroxyl groups excluding tert-OH is 1. The summed E-state index contributed by atoms with van der Waals surface area (Å²) >= 11 is 0. The molecule has 0 radical (unpaired) electrons. The number of benzene rings is 2. The van der Waals surface area contributed by atoms with Crippen LogP contribution in [0.3, 0.4) is 0 Å². The number of nitro groups is 1. The molecule has 2 aromatic carbocycles. The van der Waals surface area contributed by atoms with Gasteiger partial charge < -0.3 is 20.5 Å². The van der Waals surface area contributed by atoms with E-state index in [9.17, 15) is 15.2 Å². The third-order valence-electron chi connectivity index (χ3n) is 3.50. The molecule has 142 valence electrons. The summed E-state index contributed by atoms with van der Waals surface area (Å²) in [5, 5.41) is 26.8. The Morgan fingerprint density at radius 2 is 1.96 bits per heavy atom. The second kappa shape index (κ2) is 11.3. The van der Waals surface area contributed by atoms with Gasteiger partial charge in [-0.1, -0.05) is 18.2 Å². The Morgan fingerprint density at radius 3 is 2.69 bits per heavy atom. The Morgan fingerprint density at radius 1 is 1.19 bits per heavy atom. The van der Waals surface area contributed by atoms with Crippen LogP contribution in [0.1, 0.15) is 5.56 Å². The highest BCUT2D eigenvalue weighted by molar-refractivity contribution is 5.85. The molecular formula is C18H24ClN3O4. The minimum absolute atomic E-state index is 0. The van der Waals surface area contributed by atoms with E-state index in [1.54, 1.807) is 12.1 Å². The van der Waals surface area contributed by atoms with Gasteiger partial charge in [-0.25, -0.2) is 0 Å². The Labute approximate surface area is 158 Å². The Bertz CT molecular complexity index is 700. The number of ether oxygens (including phenoxy) is 1. The molecule has 1 atom stereocenters. The first kappa shape index (κ1) is 21.7. The molecule has 0 fully saturated rings. The summed E-state index contributed by atoms with van der Waals surface area (Å²) < 4.78 is 5.54. The lowest BCUT2D eigenvalue weighted by Crippen LogP contribution is -2.34. The summed E-state index contributed by atoms with van der Waals surface area (Å²) in [7, 11) is 0. The van der Waals surface area contributed by atoms with Crippen LogP contribution in [0, 0.1) is 17.0 Å². The van der Waals surface area contributed by atoms with Gasteiger partial charge in [0.15, 0.2) is 0 Å². The summed E-state index contributed by atoms with van der Waals surface area (Å²) in [4.78, 5) is 10.3. The number of non-ortho nitro benzene ring substituents is 1. The van der Waals surface area contributed by atoms with Gasteiger partial charge in [0.2, 0.25) is 0 Å². The van der Waals surface area contributed by atoms with Crippen LogP contribution in [-0.2, 0) is 0 Å². The molecule has 3 N–H and O–H groups in total. The van der Waals surface area contributed by atoms with Crippen LogP contribution in [0.2, 0.25) is 0 Å². The topological polar surface area (TPSA) is 96.7 Å². The van der Waals surface area contributed by atoms with E-state index in [4.69, 9.17) is 4.74 Å². The van der Waals surface area contributed by atoms with Gasteiger partial charge >= 0.3 is 0 Å². The Balaban J connectivity index is 0.00000338. The predicted molar refractivity (Wildman–Crippen MR) is 104 cm³/mol. The first-order valence-corrected chi connectivity index (χ1v) is 8.11. The van der Waals surface area contributed by atoms with Gasteiger partial charge in [0.1, 0.15) is 18.5 Å². The fourth-order valence-electron chi connectivity index (χ4n) is 2.25. The van der Waals surface area contributed by atoms with E-state index in [1.165, 1.54) is 12.1 Å². The van der Waals surface area contributed by atoms with Gasteiger partial charge in [-0.2, -0.15) is 0 Å². The number of rotatable bonds is 10. The first-order chi connectivity index (χ1) is 12.0. The molecule has 0 amide bonds. The molecule has 0 aliphatic rings. The first-order valence-electron chi connectivity index (χ1n) is 8.11. The van der Waals surface area contributed by atoms with Crippen molar-refractivity contribution in [1.82, 2.24) is 5.32 Å². The van der Waals surface area contributed by atoms with Gasteiger partial charge in [0, 0.05) is 37.5 Å². The summed E-state index contributed by atoms with van der Waals surface area (Å²) in [5.74, 6) is 0.742. The maximum absolute atomic E-state index is 10.7. The van der Waals surface area contributed by atoms with Crippen LogP contribution in [0.15, 0.2) is 48.5 Å². The van der Waals surface area contributed by atoms with Crippen LogP contribution >= 0.6 is 12.4 Å². The molecule has 2 aromatic rings. The van der Waals surface area contributed by atoms with Crippen molar-refractivity contribution < 1.29 is 14.8 Å². The minimum atomic E-state index is -0.613. The molecule has 0 saturated carbocycles. The van der Waals surface area contributed by atoms with Crippen LogP contribution in [0.5, 0.6) is 5.75 Å². The summed E-state index contributed by atoms with van der Waals surface area (Å²) in [5.41, 5.74) is 1.86. The van der Waals surface area contributed by atoms with Gasteiger partial charge in [-0.3, -0.25) is 10.1 Å². The monoisotopic (exact) mass is 381 g/mol. The molecule has 1 unspecified atom stereocenters. The molecule has 0 heterocycles. The highest BCUT2D eigenvalue weighted by Gasteiger charge is 2.06. The van der Waals surface area contributed by atoms with Crippen molar-refractivity contribution in [2.45, 2.75) is 13.0 Å². The predicted octanol–water partition coefficient (Wildman–Crippen LogP) is 2.77. The number of aliphatic hydroxyl groups is 1. The smallest absolute Gasteiger partial charge is 0.271 e. The maximum Gasteiger partial charge on any atom is 0.271 e. The van der Waals surface area contributed by atoms with Crippen LogP contribution < -0.4 is 15.4 Å². The molecule has 8 heteroatoms. The molecule has 0 saturated heterocycles. The number of nitrogens with zero attached hydrogens (tertiary/aromatic N) is 1. The van der Waals surface area contributed by atoms with Crippen LogP contribution in [-0.4, -0.2) is 42.4 Å². The molecule has 0 spiro atoms. The fraction of sp³-hybridized carbons (Fsp3) is 0.333. The van der Waals surface area contributed by atoms with Crippen LogP contribution in [0.4, 0.5) is 11.4 Å². The van der Waals surface area contributed by atoms with E-state index in [0.29, 0.717) is 25.3 Å². The standard InChI is InChI=1S/C18H23N3O4.ClH/c1-14-4-2-7-18(10-14)25-13-17(22)12-19-8-9-20-15-5-3-6-16(11-15)21(23)24;/h2-7,10-11,17,19-20,22H,8-9,12-13H2,1H3;1H. The van der Waals surface area contributed by atoms with Crippen LogP contribution in [0.25, 0.3) is 0 Å². The Kier molecular flexibility index (Phi) is 9.43. The van der Waals surface area contributed by atoms with Crippen molar-refractivity contribution in [3.63, 3.8) is 0 Å². The average molecular weight is 382 g/mol. The molecule has 0 aromatic heterocycles. The zero-order valence-corrected chi connectivity index (χ0v) is 15.4. The van der Waals surface area contributed by atoms with Gasteiger partial charge in [0.05, 0.1) is 4.92 Å². The van der Waals surface area contributed by atoms with Crippen molar-refractivity contribution >= 4 is 23.8 Å². The molecule has 7 nitrogen and oxygen atoms in total. The second-order valence-corrected chi connectivity index (χ2v) is 5.72. The van der Waals surface area contributed by atoms with E-state index >= 15 is 0 Å².